The predicted molar refractivity (Wildman–Crippen MR) is 93.5 cm³/mol. The van der Waals surface area contributed by atoms with Gasteiger partial charge >= 0.3 is 5.97 Å². The van der Waals surface area contributed by atoms with E-state index in [0.29, 0.717) is 17.0 Å². The van der Waals surface area contributed by atoms with Crippen LogP contribution in [0.25, 0.3) is 11.0 Å². The van der Waals surface area contributed by atoms with Crippen LogP contribution in [0.5, 0.6) is 0 Å². The molecule has 2 heterocycles. The number of carboxylic acids is 1. The Kier molecular flexibility index (Phi) is 5.00. The number of carboxylic acid groups (broad SMARTS) is 1. The molecule has 0 fully saturated rings. The molecule has 6 nitrogen and oxygen atoms in total. The second kappa shape index (κ2) is 6.78. The van der Waals surface area contributed by atoms with E-state index in [2.05, 4.69) is 15.3 Å². The summed E-state index contributed by atoms with van der Waals surface area (Å²) in [6.45, 7) is 3.94. The van der Waals surface area contributed by atoms with Gasteiger partial charge in [-0.2, -0.15) is 13.5 Å². The lowest BCUT2D eigenvalue weighted by Crippen LogP contribution is -2.09. The van der Waals surface area contributed by atoms with E-state index in [9.17, 15) is 9.90 Å². The molecule has 2 aromatic heterocycles. The molecule has 3 aromatic rings. The number of aryl methyl sites for hydroxylation is 1. The van der Waals surface area contributed by atoms with Crippen LogP contribution in [0.2, 0.25) is 0 Å². The van der Waals surface area contributed by atoms with Crippen molar-refractivity contribution >= 4 is 36.4 Å². The van der Waals surface area contributed by atoms with E-state index in [4.69, 9.17) is 4.42 Å². The minimum absolute atomic E-state index is 0. The zero-order chi connectivity index (χ0) is 15.7. The molecule has 0 aliphatic rings. The van der Waals surface area contributed by atoms with Crippen molar-refractivity contribution in [1.82, 2.24) is 9.97 Å². The van der Waals surface area contributed by atoms with Crippen LogP contribution in [0.4, 0.5) is 5.95 Å². The van der Waals surface area contributed by atoms with Crippen molar-refractivity contribution in [3.05, 3.63) is 47.4 Å². The van der Waals surface area contributed by atoms with Gasteiger partial charge in [-0.25, -0.2) is 9.78 Å². The molecule has 3 N–H and O–H groups in total. The summed E-state index contributed by atoms with van der Waals surface area (Å²) in [7, 11) is 0. The molecule has 0 radical (unpaired) electrons. The van der Waals surface area contributed by atoms with Gasteiger partial charge in [-0.15, -0.1) is 0 Å². The van der Waals surface area contributed by atoms with Crippen LogP contribution in [-0.2, 0) is 0 Å². The first-order chi connectivity index (χ1) is 10.6. The third kappa shape index (κ3) is 3.34. The number of fused-ring (bicyclic) bond motifs is 1. The zero-order valence-electron chi connectivity index (χ0n) is 12.9. The topological polar surface area (TPSA) is 91.1 Å². The van der Waals surface area contributed by atoms with Crippen LogP contribution in [-0.4, -0.2) is 21.0 Å². The Morgan fingerprint density at radius 2 is 2.17 bits per heavy atom. The number of aromatic amines is 1. The summed E-state index contributed by atoms with van der Waals surface area (Å²) in [4.78, 5) is 18.7. The smallest absolute Gasteiger partial charge is 0.337 e. The molecular formula is C16H19N3O3S. The minimum atomic E-state index is -0.989. The van der Waals surface area contributed by atoms with Crippen LogP contribution < -0.4 is 5.32 Å². The molecule has 1 aromatic carbocycles. The number of aromatic carboxylic acids is 1. The Hall–Kier alpha value is -2.41. The van der Waals surface area contributed by atoms with Crippen LogP contribution in [0.15, 0.2) is 34.7 Å². The number of nitrogens with one attached hydrogen (secondary N) is 2. The highest BCUT2D eigenvalue weighted by Crippen LogP contribution is 2.25. The fraction of sp³-hybridized carbons (Fsp3) is 0.250. The average Bonchev–Trinajstić information content (AvgIpc) is 3.09. The van der Waals surface area contributed by atoms with Gasteiger partial charge in [0.2, 0.25) is 5.95 Å². The van der Waals surface area contributed by atoms with E-state index in [0.717, 1.165) is 17.9 Å². The molecule has 1 atom stereocenters. The van der Waals surface area contributed by atoms with E-state index in [1.165, 1.54) is 0 Å². The number of rotatable bonds is 5. The summed E-state index contributed by atoms with van der Waals surface area (Å²) in [5.41, 5.74) is 1.32. The maximum absolute atomic E-state index is 11.2. The number of anilines is 1. The number of imidazole rings is 1. The van der Waals surface area contributed by atoms with Crippen molar-refractivity contribution in [3.8, 4) is 0 Å². The molecule has 0 bridgehead atoms. The third-order valence-electron chi connectivity index (χ3n) is 3.57. The molecule has 23 heavy (non-hydrogen) atoms. The van der Waals surface area contributed by atoms with E-state index >= 15 is 0 Å². The van der Waals surface area contributed by atoms with Gasteiger partial charge in [-0.05, 0) is 37.6 Å². The summed E-state index contributed by atoms with van der Waals surface area (Å²) in [5, 5.41) is 12.5. The van der Waals surface area contributed by atoms with E-state index in [1.807, 2.05) is 26.0 Å². The van der Waals surface area contributed by atoms with Gasteiger partial charge in [0.15, 0.2) is 0 Å². The Morgan fingerprint density at radius 1 is 1.39 bits per heavy atom. The van der Waals surface area contributed by atoms with Crippen molar-refractivity contribution in [2.75, 3.05) is 5.32 Å². The molecule has 0 spiro atoms. The lowest BCUT2D eigenvalue weighted by Gasteiger charge is -2.13. The van der Waals surface area contributed by atoms with Crippen molar-refractivity contribution in [1.29, 1.82) is 0 Å². The summed E-state index contributed by atoms with van der Waals surface area (Å²) in [6, 6.07) is 8.87. The van der Waals surface area contributed by atoms with Crippen molar-refractivity contribution in [2.45, 2.75) is 26.3 Å². The molecule has 0 aliphatic carbocycles. The largest absolute Gasteiger partial charge is 0.478 e. The number of hydrogen-bond acceptors (Lipinski definition) is 4. The molecule has 0 amide bonds. The Bertz CT molecular complexity index is 825. The Balaban J connectivity index is 0.00000192. The van der Waals surface area contributed by atoms with Crippen LogP contribution >= 0.6 is 13.5 Å². The van der Waals surface area contributed by atoms with Crippen molar-refractivity contribution in [2.24, 2.45) is 0 Å². The monoisotopic (exact) mass is 333 g/mol. The molecule has 122 valence electrons. The molecule has 7 heteroatoms. The molecule has 0 unspecified atom stereocenters. The number of para-hydroxylation sites is 1. The van der Waals surface area contributed by atoms with Crippen LogP contribution in [0.1, 0.15) is 41.3 Å². The fourth-order valence-electron chi connectivity index (χ4n) is 2.45. The highest BCUT2D eigenvalue weighted by atomic mass is 32.1. The highest BCUT2D eigenvalue weighted by Gasteiger charge is 2.17. The van der Waals surface area contributed by atoms with Gasteiger partial charge in [0.05, 0.1) is 17.1 Å². The molecule has 0 saturated heterocycles. The normalized spacial score (nSPS) is 11.9. The third-order valence-corrected chi connectivity index (χ3v) is 3.57. The Morgan fingerprint density at radius 3 is 2.78 bits per heavy atom. The number of aromatic nitrogens is 2. The standard InChI is InChI=1S/C16H17N3O3.H2S/c1-3-11(13-8-7-9(2)22-13)17-16-18-12-6-4-5-10(15(20)21)14(12)19-16;/h4-8,11H,3H2,1-2H3,(H,20,21)(H2,17,18,19);1H2/t11-;/m0./s1. The van der Waals surface area contributed by atoms with E-state index in [-0.39, 0.29) is 25.1 Å². The summed E-state index contributed by atoms with van der Waals surface area (Å²) < 4.78 is 5.65. The van der Waals surface area contributed by atoms with Gasteiger partial charge in [-0.3, -0.25) is 0 Å². The number of nitrogens with zero attached hydrogens (tertiary/aromatic N) is 1. The number of benzene rings is 1. The van der Waals surface area contributed by atoms with Gasteiger partial charge in [-0.1, -0.05) is 13.0 Å². The highest BCUT2D eigenvalue weighted by molar-refractivity contribution is 7.59. The first-order valence-corrected chi connectivity index (χ1v) is 7.13. The van der Waals surface area contributed by atoms with Crippen molar-refractivity contribution in [3.63, 3.8) is 0 Å². The number of H-pyrrole nitrogens is 1. The minimum Gasteiger partial charge on any atom is -0.478 e. The summed E-state index contributed by atoms with van der Waals surface area (Å²) in [6.07, 6.45) is 0.815. The molecular weight excluding hydrogens is 314 g/mol. The van der Waals surface area contributed by atoms with Gasteiger partial charge in [0.1, 0.15) is 17.0 Å². The lowest BCUT2D eigenvalue weighted by atomic mass is 10.2. The maximum atomic E-state index is 11.2. The van der Waals surface area contributed by atoms with Crippen LogP contribution in [0, 0.1) is 6.92 Å². The Labute approximate surface area is 140 Å². The second-order valence-electron chi connectivity index (χ2n) is 5.15. The summed E-state index contributed by atoms with van der Waals surface area (Å²) >= 11 is 0. The van der Waals surface area contributed by atoms with E-state index < -0.39 is 5.97 Å². The number of carbonyl (C=O) groups is 1. The number of furan rings is 1. The number of hydrogen-bond donors (Lipinski definition) is 3. The summed E-state index contributed by atoms with van der Waals surface area (Å²) in [5.74, 6) is 1.23. The zero-order valence-corrected chi connectivity index (χ0v) is 13.9. The van der Waals surface area contributed by atoms with Gasteiger partial charge in [0.25, 0.3) is 0 Å². The SMILES string of the molecule is CC[C@H](Nc1nc2c(C(=O)O)cccc2[nH]1)c1ccc(C)o1.S. The predicted octanol–water partition coefficient (Wildman–Crippen LogP) is 3.84. The molecule has 0 aliphatic heterocycles. The second-order valence-corrected chi connectivity index (χ2v) is 5.15. The molecule has 0 saturated carbocycles. The average molecular weight is 333 g/mol. The van der Waals surface area contributed by atoms with Gasteiger partial charge in [0, 0.05) is 0 Å². The van der Waals surface area contributed by atoms with Crippen molar-refractivity contribution < 1.29 is 14.3 Å². The quantitative estimate of drug-likeness (QED) is 0.660. The van der Waals surface area contributed by atoms with E-state index in [1.54, 1.807) is 18.2 Å². The molecule has 3 rings (SSSR count). The maximum Gasteiger partial charge on any atom is 0.337 e. The first-order valence-electron chi connectivity index (χ1n) is 7.13. The first kappa shape index (κ1) is 17.0. The lowest BCUT2D eigenvalue weighted by molar-refractivity contribution is 0.0699. The fourth-order valence-corrected chi connectivity index (χ4v) is 2.45. The van der Waals surface area contributed by atoms with Gasteiger partial charge < -0.3 is 19.8 Å². The van der Waals surface area contributed by atoms with Crippen LogP contribution in [0.3, 0.4) is 0 Å².